The molecule has 7 heteroatoms. The number of hydrogen-bond donors (Lipinski definition) is 1. The maximum atomic E-state index is 12.3. The molecule has 31 heavy (non-hydrogen) atoms. The monoisotopic (exact) mass is 416 g/mol. The fraction of sp³-hybridized carbons (Fsp3) is 0.208. The number of para-hydroxylation sites is 1. The molecule has 0 atom stereocenters. The molecule has 1 aromatic carbocycles. The number of carbonyl (C=O) groups is 1. The summed E-state index contributed by atoms with van der Waals surface area (Å²) in [6.07, 6.45) is 6.80. The van der Waals surface area contributed by atoms with Gasteiger partial charge >= 0.3 is 0 Å². The van der Waals surface area contributed by atoms with Crippen molar-refractivity contribution in [3.8, 4) is 11.6 Å². The van der Waals surface area contributed by atoms with E-state index in [9.17, 15) is 9.90 Å². The number of piperazine rings is 1. The number of nitrogens with zero attached hydrogens (tertiary/aromatic N) is 4. The van der Waals surface area contributed by atoms with Crippen molar-refractivity contribution < 1.29 is 14.6 Å². The third-order valence-electron chi connectivity index (χ3n) is 5.09. The number of anilines is 1. The first kappa shape index (κ1) is 20.4. The van der Waals surface area contributed by atoms with E-state index in [-0.39, 0.29) is 11.5 Å². The van der Waals surface area contributed by atoms with Crippen LogP contribution in [0, 0.1) is 0 Å². The number of ketones is 1. The zero-order valence-corrected chi connectivity index (χ0v) is 17.1. The highest BCUT2D eigenvalue weighted by atomic mass is 16.5. The number of aromatic nitrogens is 2. The average Bonchev–Trinajstić information content (AvgIpc) is 2.83. The molecule has 1 aliphatic heterocycles. The topological polar surface area (TPSA) is 78.8 Å². The van der Waals surface area contributed by atoms with E-state index >= 15 is 0 Å². The van der Waals surface area contributed by atoms with Crippen molar-refractivity contribution in [1.82, 2.24) is 14.9 Å². The van der Waals surface area contributed by atoms with E-state index in [1.807, 2.05) is 30.3 Å². The van der Waals surface area contributed by atoms with E-state index < -0.39 is 0 Å². The van der Waals surface area contributed by atoms with Crippen LogP contribution in [0.3, 0.4) is 0 Å². The van der Waals surface area contributed by atoms with Gasteiger partial charge in [0.05, 0.1) is 5.56 Å². The molecule has 158 valence electrons. The van der Waals surface area contributed by atoms with E-state index in [0.29, 0.717) is 18.1 Å². The van der Waals surface area contributed by atoms with Gasteiger partial charge in [-0.1, -0.05) is 18.2 Å². The zero-order chi connectivity index (χ0) is 21.5. The second kappa shape index (κ2) is 9.75. The quantitative estimate of drug-likeness (QED) is 0.468. The number of benzene rings is 1. The molecule has 0 spiro atoms. The zero-order valence-electron chi connectivity index (χ0n) is 17.1. The van der Waals surface area contributed by atoms with Crippen LogP contribution in [0.15, 0.2) is 79.3 Å². The average molecular weight is 416 g/mol. The molecule has 1 N–H and O–H groups in total. The summed E-state index contributed by atoms with van der Waals surface area (Å²) in [5.41, 5.74) is 1.35. The molecule has 1 fully saturated rings. The number of pyridine rings is 2. The van der Waals surface area contributed by atoms with Crippen LogP contribution in [-0.4, -0.2) is 51.9 Å². The number of aromatic hydroxyl groups is 1. The second-order valence-corrected chi connectivity index (χ2v) is 7.20. The Kier molecular flexibility index (Phi) is 6.42. The fourth-order valence-electron chi connectivity index (χ4n) is 3.34. The van der Waals surface area contributed by atoms with Crippen LogP contribution in [0.2, 0.25) is 0 Å². The highest BCUT2D eigenvalue weighted by Crippen LogP contribution is 2.19. The van der Waals surface area contributed by atoms with Gasteiger partial charge in [0.25, 0.3) is 0 Å². The first-order valence-corrected chi connectivity index (χ1v) is 10.2. The summed E-state index contributed by atoms with van der Waals surface area (Å²) < 4.78 is 5.82. The normalized spacial score (nSPS) is 14.1. The molecule has 0 radical (unpaired) electrons. The molecule has 4 rings (SSSR count). The minimum absolute atomic E-state index is 0.000856. The van der Waals surface area contributed by atoms with Crippen molar-refractivity contribution in [3.63, 3.8) is 0 Å². The smallest absolute Gasteiger partial charge is 0.215 e. The summed E-state index contributed by atoms with van der Waals surface area (Å²) in [4.78, 5) is 25.2. The van der Waals surface area contributed by atoms with Crippen molar-refractivity contribution in [1.29, 1.82) is 0 Å². The Hall–Kier alpha value is -3.87. The van der Waals surface area contributed by atoms with E-state index in [1.54, 1.807) is 36.8 Å². The van der Waals surface area contributed by atoms with E-state index in [1.165, 1.54) is 12.1 Å². The molecule has 1 saturated heterocycles. The molecule has 3 heterocycles. The highest BCUT2D eigenvalue weighted by Gasteiger charge is 2.17. The molecule has 1 aliphatic rings. The predicted octanol–water partition coefficient (Wildman–Crippen LogP) is 3.28. The number of rotatable bonds is 7. The summed E-state index contributed by atoms with van der Waals surface area (Å²) in [7, 11) is 0. The van der Waals surface area contributed by atoms with Crippen molar-refractivity contribution in [2.45, 2.75) is 6.61 Å². The Morgan fingerprint density at radius 3 is 2.55 bits per heavy atom. The number of hydrogen-bond acceptors (Lipinski definition) is 7. The van der Waals surface area contributed by atoms with Crippen molar-refractivity contribution >= 4 is 11.6 Å². The van der Waals surface area contributed by atoms with E-state index in [4.69, 9.17) is 4.74 Å². The van der Waals surface area contributed by atoms with Crippen LogP contribution in [0.1, 0.15) is 15.9 Å². The fourth-order valence-corrected chi connectivity index (χ4v) is 3.34. The lowest BCUT2D eigenvalue weighted by molar-refractivity contribution is 0.104. The second-order valence-electron chi connectivity index (χ2n) is 7.20. The SMILES string of the molecule is O=C(/C=C/N1CCN(c2cccc(OCc3ccncc3)n2)CC1)c1ccccc1O. The number of carbonyl (C=O) groups excluding carboxylic acids is 1. The molecule has 0 amide bonds. The number of phenols is 1. The predicted molar refractivity (Wildman–Crippen MR) is 118 cm³/mol. The summed E-state index contributed by atoms with van der Waals surface area (Å²) in [5.74, 6) is 1.26. The highest BCUT2D eigenvalue weighted by molar-refractivity contribution is 6.06. The van der Waals surface area contributed by atoms with Gasteiger partial charge in [-0.25, -0.2) is 0 Å². The molecular formula is C24H24N4O3. The van der Waals surface area contributed by atoms with E-state index in [0.717, 1.165) is 37.6 Å². The Morgan fingerprint density at radius 1 is 1.00 bits per heavy atom. The lowest BCUT2D eigenvalue weighted by Crippen LogP contribution is -2.44. The summed E-state index contributed by atoms with van der Waals surface area (Å²) >= 11 is 0. The molecule has 0 unspecified atom stereocenters. The third-order valence-corrected chi connectivity index (χ3v) is 5.09. The Morgan fingerprint density at radius 2 is 1.77 bits per heavy atom. The van der Waals surface area contributed by atoms with Gasteiger partial charge in [0.2, 0.25) is 5.88 Å². The molecule has 0 saturated carbocycles. The molecule has 3 aromatic rings. The number of phenolic OH excluding ortho intramolecular Hbond substituents is 1. The van der Waals surface area contributed by atoms with Crippen molar-refractivity contribution in [3.05, 3.63) is 90.4 Å². The van der Waals surface area contributed by atoms with Crippen LogP contribution in [0.25, 0.3) is 0 Å². The van der Waals surface area contributed by atoms with Gasteiger partial charge in [0.1, 0.15) is 18.2 Å². The minimum atomic E-state index is -0.207. The first-order chi connectivity index (χ1) is 15.2. The minimum Gasteiger partial charge on any atom is -0.507 e. The van der Waals surface area contributed by atoms with Crippen LogP contribution < -0.4 is 9.64 Å². The third kappa shape index (κ3) is 5.39. The van der Waals surface area contributed by atoms with Crippen LogP contribution in [-0.2, 0) is 6.61 Å². The Bertz CT molecular complexity index is 1050. The van der Waals surface area contributed by atoms with Gasteiger partial charge < -0.3 is 19.6 Å². The Labute approximate surface area is 181 Å². The van der Waals surface area contributed by atoms with Gasteiger partial charge in [-0.05, 0) is 35.9 Å². The van der Waals surface area contributed by atoms with Crippen LogP contribution in [0.4, 0.5) is 5.82 Å². The van der Waals surface area contributed by atoms with Crippen LogP contribution >= 0.6 is 0 Å². The van der Waals surface area contributed by atoms with Crippen molar-refractivity contribution in [2.24, 2.45) is 0 Å². The summed E-state index contributed by atoms with van der Waals surface area (Å²) in [6.45, 7) is 3.57. The van der Waals surface area contributed by atoms with Gasteiger partial charge in [-0.3, -0.25) is 9.78 Å². The van der Waals surface area contributed by atoms with Gasteiger partial charge in [0.15, 0.2) is 5.78 Å². The lowest BCUT2D eigenvalue weighted by atomic mass is 10.1. The standard InChI is InChI=1S/C24H24N4O3/c29-21-5-2-1-4-20(21)22(30)10-13-27-14-16-28(17-15-27)23-6-3-7-24(26-23)31-18-19-8-11-25-12-9-19/h1-13,29H,14-18H2/b13-10+. The first-order valence-electron chi connectivity index (χ1n) is 10.2. The van der Waals surface area contributed by atoms with Crippen molar-refractivity contribution in [2.75, 3.05) is 31.1 Å². The van der Waals surface area contributed by atoms with Gasteiger partial charge in [-0.2, -0.15) is 4.98 Å². The summed E-state index contributed by atoms with van der Waals surface area (Å²) in [5, 5.41) is 9.81. The van der Waals surface area contributed by atoms with Gasteiger partial charge in [0, 0.05) is 56.9 Å². The molecule has 2 aromatic heterocycles. The maximum absolute atomic E-state index is 12.3. The Balaban J connectivity index is 1.30. The van der Waals surface area contributed by atoms with E-state index in [2.05, 4.69) is 19.8 Å². The number of allylic oxidation sites excluding steroid dienone is 1. The van der Waals surface area contributed by atoms with Gasteiger partial charge in [-0.15, -0.1) is 0 Å². The maximum Gasteiger partial charge on any atom is 0.215 e. The number of ether oxygens (including phenoxy) is 1. The summed E-state index contributed by atoms with van der Waals surface area (Å²) in [6, 6.07) is 16.2. The molecular weight excluding hydrogens is 392 g/mol. The molecule has 0 aliphatic carbocycles. The van der Waals surface area contributed by atoms with Crippen LogP contribution in [0.5, 0.6) is 11.6 Å². The molecule has 0 bridgehead atoms. The largest absolute Gasteiger partial charge is 0.507 e. The lowest BCUT2D eigenvalue weighted by Gasteiger charge is -2.34. The molecule has 7 nitrogen and oxygen atoms in total.